The van der Waals surface area contributed by atoms with Crippen LogP contribution >= 0.6 is 0 Å². The van der Waals surface area contributed by atoms with Crippen LogP contribution in [-0.4, -0.2) is 48.3 Å². The van der Waals surface area contributed by atoms with E-state index < -0.39 is 0 Å². The van der Waals surface area contributed by atoms with Gasteiger partial charge in [0.25, 0.3) is 0 Å². The van der Waals surface area contributed by atoms with E-state index in [2.05, 4.69) is 167 Å². The topological polar surface area (TPSA) is 48.1 Å². The van der Waals surface area contributed by atoms with E-state index in [0.29, 0.717) is 47.8 Å². The highest BCUT2D eigenvalue weighted by atomic mass is 15.1. The second kappa shape index (κ2) is 13.2. The quantitative estimate of drug-likeness (QED) is 0.180. The Bertz CT molecular complexity index is 1450. The molecule has 4 heteroatoms. The molecular formula is C44H48N4. The van der Waals surface area contributed by atoms with Crippen LogP contribution in [0.4, 0.5) is 0 Å². The third-order valence-electron chi connectivity index (χ3n) is 12.3. The molecule has 12 atom stereocenters. The van der Waals surface area contributed by atoms with Gasteiger partial charge in [-0.3, -0.25) is 0 Å². The predicted molar refractivity (Wildman–Crippen MR) is 196 cm³/mol. The highest BCUT2D eigenvalue weighted by Gasteiger charge is 2.47. The van der Waals surface area contributed by atoms with Gasteiger partial charge in [-0.15, -0.1) is 0 Å². The van der Waals surface area contributed by atoms with Gasteiger partial charge >= 0.3 is 0 Å². The van der Waals surface area contributed by atoms with Crippen LogP contribution < -0.4 is 21.3 Å². The fraction of sp³-hybridized carbons (Fsp3) is 0.364. The van der Waals surface area contributed by atoms with Gasteiger partial charge in [0.05, 0.1) is 0 Å². The van der Waals surface area contributed by atoms with E-state index in [1.54, 1.807) is 0 Å². The summed E-state index contributed by atoms with van der Waals surface area (Å²) in [6, 6.07) is 47.8. The molecule has 0 amide bonds. The Morgan fingerprint density at radius 1 is 0.292 bits per heavy atom. The molecule has 3 saturated heterocycles. The first-order valence-corrected chi connectivity index (χ1v) is 18.4. The lowest BCUT2D eigenvalue weighted by atomic mass is 9.83. The molecule has 48 heavy (non-hydrogen) atoms. The van der Waals surface area contributed by atoms with Crippen LogP contribution in [0.5, 0.6) is 0 Å². The largest absolute Gasteiger partial charge is 0.310 e. The maximum atomic E-state index is 4.29. The van der Waals surface area contributed by atoms with E-state index in [1.807, 2.05) is 0 Å². The lowest BCUT2D eigenvalue weighted by molar-refractivity contribution is 0.317. The fourth-order valence-electron chi connectivity index (χ4n) is 10.2. The summed E-state index contributed by atoms with van der Waals surface area (Å²) in [4.78, 5) is 0. The van der Waals surface area contributed by atoms with Crippen molar-refractivity contribution in [2.75, 3.05) is 0 Å². The molecule has 5 aliphatic rings. The molecule has 0 spiro atoms. The Labute approximate surface area is 286 Å². The third kappa shape index (κ3) is 5.69. The molecule has 244 valence electrons. The van der Waals surface area contributed by atoms with Crippen LogP contribution in [0.3, 0.4) is 0 Å². The van der Waals surface area contributed by atoms with Crippen molar-refractivity contribution in [3.05, 3.63) is 168 Å². The summed E-state index contributed by atoms with van der Waals surface area (Å²) in [6.07, 6.45) is 14.7. The van der Waals surface area contributed by atoms with E-state index in [1.165, 1.54) is 47.9 Å². The highest BCUT2D eigenvalue weighted by Crippen LogP contribution is 2.43. The zero-order chi connectivity index (χ0) is 31.9. The van der Waals surface area contributed by atoms with Crippen molar-refractivity contribution in [3.63, 3.8) is 0 Å². The average molecular weight is 633 g/mol. The Morgan fingerprint density at radius 2 is 0.521 bits per heavy atom. The van der Waals surface area contributed by atoms with Crippen LogP contribution in [0.1, 0.15) is 71.6 Å². The molecule has 4 aromatic carbocycles. The summed E-state index contributed by atoms with van der Waals surface area (Å²) in [7, 11) is 0. The molecule has 0 saturated carbocycles. The van der Waals surface area contributed by atoms with E-state index in [4.69, 9.17) is 0 Å². The van der Waals surface area contributed by atoms with Crippen LogP contribution in [0.2, 0.25) is 0 Å². The molecule has 12 unspecified atom stereocenters. The van der Waals surface area contributed by atoms with Crippen LogP contribution in [0.15, 0.2) is 146 Å². The van der Waals surface area contributed by atoms with Crippen LogP contribution in [-0.2, 0) is 0 Å². The first kappa shape index (κ1) is 30.3. The predicted octanol–water partition coefficient (Wildman–Crippen LogP) is 7.17. The first-order valence-electron chi connectivity index (χ1n) is 18.4. The molecule has 9 rings (SSSR count). The van der Waals surface area contributed by atoms with Crippen molar-refractivity contribution in [2.45, 2.75) is 97.7 Å². The van der Waals surface area contributed by atoms with Gasteiger partial charge in [0, 0.05) is 72.0 Å². The number of hydrogen-bond acceptors (Lipinski definition) is 4. The number of hydrogen-bond donors (Lipinski definition) is 4. The Balaban J connectivity index is 1.14. The summed E-state index contributed by atoms with van der Waals surface area (Å²) in [6.45, 7) is 0. The molecular weight excluding hydrogens is 585 g/mol. The van der Waals surface area contributed by atoms with Gasteiger partial charge in [0.2, 0.25) is 0 Å². The van der Waals surface area contributed by atoms with E-state index in [-0.39, 0.29) is 24.2 Å². The van der Waals surface area contributed by atoms with Gasteiger partial charge in [-0.1, -0.05) is 146 Å². The Kier molecular flexibility index (Phi) is 8.36. The van der Waals surface area contributed by atoms with Gasteiger partial charge < -0.3 is 21.3 Å². The Hall–Kier alpha value is -3.80. The second-order valence-electron chi connectivity index (χ2n) is 14.9. The van der Waals surface area contributed by atoms with Crippen LogP contribution in [0.25, 0.3) is 0 Å². The number of benzene rings is 4. The first-order chi connectivity index (χ1) is 23.8. The molecule has 4 N–H and O–H groups in total. The summed E-state index contributed by atoms with van der Waals surface area (Å²) in [5.41, 5.74) is 5.71. The number of fused-ring (bicyclic) bond motifs is 8. The third-order valence-corrected chi connectivity index (χ3v) is 12.3. The van der Waals surface area contributed by atoms with Crippen molar-refractivity contribution >= 4 is 0 Å². The molecule has 0 radical (unpaired) electrons. The lowest BCUT2D eigenvalue weighted by Crippen LogP contribution is -2.52. The summed E-state index contributed by atoms with van der Waals surface area (Å²) in [5, 5.41) is 17.1. The summed E-state index contributed by atoms with van der Waals surface area (Å²) < 4.78 is 0. The molecule has 8 bridgehead atoms. The van der Waals surface area contributed by atoms with Gasteiger partial charge in [-0.05, 0) is 47.9 Å². The van der Waals surface area contributed by atoms with Crippen molar-refractivity contribution in [3.8, 4) is 0 Å². The zero-order valence-corrected chi connectivity index (χ0v) is 27.6. The summed E-state index contributed by atoms with van der Waals surface area (Å²) >= 11 is 0. The molecule has 5 aliphatic heterocycles. The number of rotatable bonds is 4. The molecule has 3 fully saturated rings. The van der Waals surface area contributed by atoms with Gasteiger partial charge in [-0.2, -0.15) is 0 Å². The van der Waals surface area contributed by atoms with E-state index in [9.17, 15) is 0 Å². The standard InChI is InChI=1S/C44H48N4/c1-5-13-29(14-6-1)41-33-21-23-35(45-33)42(30-15-7-2-8-16-30)37-25-27-39(47-37)44(32-19-11-4-12-20-32)40-28-26-38(48-40)43(31-17-9-3-10-18-31)36-24-22-34(41)46-36/h1-21,23,26,28,33-48H,22,24-25,27H2. The maximum absolute atomic E-state index is 4.29. The van der Waals surface area contributed by atoms with Gasteiger partial charge in [-0.25, -0.2) is 0 Å². The lowest BCUT2D eigenvalue weighted by Gasteiger charge is -2.37. The second-order valence-corrected chi connectivity index (χ2v) is 14.9. The van der Waals surface area contributed by atoms with E-state index in [0.717, 1.165) is 0 Å². The number of nitrogens with one attached hydrogen (secondary N) is 4. The van der Waals surface area contributed by atoms with Gasteiger partial charge in [0.1, 0.15) is 0 Å². The normalized spacial score (nSPS) is 37.2. The highest BCUT2D eigenvalue weighted by molar-refractivity contribution is 5.37. The minimum Gasteiger partial charge on any atom is -0.310 e. The molecule has 0 aromatic heterocycles. The Morgan fingerprint density at radius 3 is 0.750 bits per heavy atom. The fourth-order valence-corrected chi connectivity index (χ4v) is 10.2. The molecule has 4 aromatic rings. The maximum Gasteiger partial charge on any atom is 0.0340 e. The van der Waals surface area contributed by atoms with E-state index >= 15 is 0 Å². The minimum absolute atomic E-state index is 0.270. The van der Waals surface area contributed by atoms with Crippen LogP contribution in [0, 0.1) is 0 Å². The SMILES string of the molecule is C1=CC2NC1C(c1ccccc1)C1CCC(N1)C(c1ccccc1)C1C=CC(N1)C(c1ccccc1)C1CCC(N1)C2c1ccccc1. The van der Waals surface area contributed by atoms with Crippen molar-refractivity contribution in [1.29, 1.82) is 0 Å². The van der Waals surface area contributed by atoms with Crippen molar-refractivity contribution in [1.82, 2.24) is 21.3 Å². The smallest absolute Gasteiger partial charge is 0.0340 e. The molecule has 4 nitrogen and oxygen atoms in total. The molecule has 0 aliphatic carbocycles. The summed E-state index contributed by atoms with van der Waals surface area (Å²) in [5.74, 6) is 1.41. The average Bonchev–Trinajstić information content (AvgIpc) is 3.98. The zero-order valence-electron chi connectivity index (χ0n) is 27.6. The van der Waals surface area contributed by atoms with Crippen molar-refractivity contribution < 1.29 is 0 Å². The minimum atomic E-state index is 0.270. The van der Waals surface area contributed by atoms with Crippen molar-refractivity contribution in [2.24, 2.45) is 0 Å². The molecule has 5 heterocycles. The monoisotopic (exact) mass is 632 g/mol. The van der Waals surface area contributed by atoms with Gasteiger partial charge in [0.15, 0.2) is 0 Å².